The van der Waals surface area contributed by atoms with Crippen LogP contribution in [0.4, 0.5) is 4.79 Å². The summed E-state index contributed by atoms with van der Waals surface area (Å²) in [5.74, 6) is -0.335. The van der Waals surface area contributed by atoms with Gasteiger partial charge in [0.1, 0.15) is 0 Å². The van der Waals surface area contributed by atoms with Crippen molar-refractivity contribution in [2.75, 3.05) is 12.0 Å². The molecule has 0 aliphatic carbocycles. The average molecular weight is 292 g/mol. The van der Waals surface area contributed by atoms with Gasteiger partial charge in [-0.2, -0.15) is 0 Å². The van der Waals surface area contributed by atoms with Crippen LogP contribution < -0.4 is 10.6 Å². The highest BCUT2D eigenvalue weighted by atomic mass is 32.2. The van der Waals surface area contributed by atoms with Crippen molar-refractivity contribution in [3.8, 4) is 0 Å². The van der Waals surface area contributed by atoms with E-state index in [1.54, 1.807) is 20.1 Å². The molecule has 112 valence electrons. The standard InChI is InChI=1S/C12H24N2O4S/c1-9(6-8-19(4)18)13-11(17)14-12(2,3)7-5-10(15)16/h9H,5-8H2,1-4H3,(H,15,16)(H2,13,14,17). The minimum absolute atomic E-state index is 0.0116. The fourth-order valence-electron chi connectivity index (χ4n) is 1.46. The summed E-state index contributed by atoms with van der Waals surface area (Å²) in [4.78, 5) is 22.2. The predicted molar refractivity (Wildman–Crippen MR) is 75.6 cm³/mol. The second kappa shape index (κ2) is 8.14. The van der Waals surface area contributed by atoms with Gasteiger partial charge in [-0.1, -0.05) is 0 Å². The highest BCUT2D eigenvalue weighted by Crippen LogP contribution is 2.11. The van der Waals surface area contributed by atoms with Crippen molar-refractivity contribution in [1.82, 2.24) is 10.6 Å². The molecule has 7 heteroatoms. The lowest BCUT2D eigenvalue weighted by Gasteiger charge is -2.26. The van der Waals surface area contributed by atoms with Gasteiger partial charge in [0.2, 0.25) is 0 Å². The molecule has 0 saturated heterocycles. The molecule has 0 heterocycles. The summed E-state index contributed by atoms with van der Waals surface area (Å²) in [5.41, 5.74) is -0.574. The Morgan fingerprint density at radius 2 is 1.95 bits per heavy atom. The van der Waals surface area contributed by atoms with Crippen LogP contribution in [0.3, 0.4) is 0 Å². The van der Waals surface area contributed by atoms with E-state index >= 15 is 0 Å². The van der Waals surface area contributed by atoms with E-state index in [1.807, 2.05) is 6.92 Å². The van der Waals surface area contributed by atoms with Crippen LogP contribution in [0.5, 0.6) is 0 Å². The van der Waals surface area contributed by atoms with Crippen LogP contribution in [-0.2, 0) is 15.6 Å². The molecule has 0 saturated carbocycles. The number of hydrogen-bond acceptors (Lipinski definition) is 3. The molecule has 0 bridgehead atoms. The van der Waals surface area contributed by atoms with Gasteiger partial charge in [-0.3, -0.25) is 9.00 Å². The maximum absolute atomic E-state index is 11.7. The van der Waals surface area contributed by atoms with Gasteiger partial charge in [0.05, 0.1) is 0 Å². The molecule has 0 aromatic heterocycles. The van der Waals surface area contributed by atoms with Crippen LogP contribution in [0.15, 0.2) is 0 Å². The first kappa shape index (κ1) is 17.9. The fourth-order valence-corrected chi connectivity index (χ4v) is 2.15. The Morgan fingerprint density at radius 1 is 1.37 bits per heavy atom. The van der Waals surface area contributed by atoms with Crippen LogP contribution in [0, 0.1) is 0 Å². The third-order valence-corrected chi connectivity index (χ3v) is 3.44. The summed E-state index contributed by atoms with van der Waals surface area (Å²) in [5, 5.41) is 14.1. The first-order valence-corrected chi connectivity index (χ1v) is 7.95. The van der Waals surface area contributed by atoms with Crippen molar-refractivity contribution in [3.05, 3.63) is 0 Å². The monoisotopic (exact) mass is 292 g/mol. The number of carboxylic acid groups (broad SMARTS) is 1. The number of urea groups is 1. The first-order chi connectivity index (χ1) is 8.62. The van der Waals surface area contributed by atoms with E-state index in [4.69, 9.17) is 5.11 Å². The van der Waals surface area contributed by atoms with Crippen LogP contribution in [0.25, 0.3) is 0 Å². The molecule has 0 rings (SSSR count). The minimum atomic E-state index is -0.880. The van der Waals surface area contributed by atoms with Crippen molar-refractivity contribution in [3.63, 3.8) is 0 Å². The van der Waals surface area contributed by atoms with Crippen LogP contribution >= 0.6 is 0 Å². The zero-order valence-electron chi connectivity index (χ0n) is 12.0. The van der Waals surface area contributed by atoms with Gasteiger partial charge in [-0.05, 0) is 33.6 Å². The number of carbonyl (C=O) groups is 2. The number of amides is 2. The Bertz CT molecular complexity index is 345. The summed E-state index contributed by atoms with van der Waals surface area (Å²) in [6.07, 6.45) is 2.65. The van der Waals surface area contributed by atoms with Gasteiger partial charge < -0.3 is 15.7 Å². The summed E-state index contributed by atoms with van der Waals surface area (Å²) < 4.78 is 10.9. The van der Waals surface area contributed by atoms with E-state index in [2.05, 4.69) is 10.6 Å². The summed E-state index contributed by atoms with van der Waals surface area (Å²) in [6, 6.07) is -0.399. The zero-order chi connectivity index (χ0) is 15.1. The van der Waals surface area contributed by atoms with Gasteiger partial charge in [-0.15, -0.1) is 0 Å². The first-order valence-electron chi connectivity index (χ1n) is 6.23. The number of aliphatic carboxylic acids is 1. The molecule has 3 N–H and O–H groups in total. The highest BCUT2D eigenvalue weighted by Gasteiger charge is 2.22. The topological polar surface area (TPSA) is 95.5 Å². The molecule has 0 spiro atoms. The number of carboxylic acids is 1. The Morgan fingerprint density at radius 3 is 2.42 bits per heavy atom. The smallest absolute Gasteiger partial charge is 0.315 e. The van der Waals surface area contributed by atoms with Gasteiger partial charge in [-0.25, -0.2) is 4.79 Å². The number of hydrogen-bond donors (Lipinski definition) is 3. The van der Waals surface area contributed by atoms with E-state index in [1.165, 1.54) is 0 Å². The average Bonchev–Trinajstić information content (AvgIpc) is 2.23. The van der Waals surface area contributed by atoms with E-state index in [0.717, 1.165) is 0 Å². The highest BCUT2D eigenvalue weighted by molar-refractivity contribution is 7.84. The maximum atomic E-state index is 11.7. The quantitative estimate of drug-likeness (QED) is 0.624. The molecule has 0 aromatic carbocycles. The maximum Gasteiger partial charge on any atom is 0.315 e. The molecular formula is C12H24N2O4S. The molecule has 2 unspecified atom stereocenters. The third-order valence-electron chi connectivity index (χ3n) is 2.63. The van der Waals surface area contributed by atoms with E-state index in [9.17, 15) is 13.8 Å². The molecule has 19 heavy (non-hydrogen) atoms. The van der Waals surface area contributed by atoms with Gasteiger partial charge in [0.25, 0.3) is 0 Å². The van der Waals surface area contributed by atoms with Crippen molar-refractivity contribution >= 4 is 22.8 Å². The molecule has 0 fully saturated rings. The SMILES string of the molecule is CC(CCS(C)=O)NC(=O)NC(C)(C)CCC(=O)O. The lowest BCUT2D eigenvalue weighted by Crippen LogP contribution is -2.50. The Hall–Kier alpha value is -1.11. The minimum Gasteiger partial charge on any atom is -0.481 e. The van der Waals surface area contributed by atoms with Gasteiger partial charge in [0, 0.05) is 40.8 Å². The second-order valence-electron chi connectivity index (χ2n) is 5.34. The molecule has 0 radical (unpaired) electrons. The van der Waals surface area contributed by atoms with E-state index < -0.39 is 22.3 Å². The normalized spacial score (nSPS) is 14.5. The van der Waals surface area contributed by atoms with Crippen molar-refractivity contribution < 1.29 is 18.9 Å². The van der Waals surface area contributed by atoms with Crippen molar-refractivity contribution in [1.29, 1.82) is 0 Å². The Labute approximate surface area is 116 Å². The van der Waals surface area contributed by atoms with Crippen molar-refractivity contribution in [2.24, 2.45) is 0 Å². The Kier molecular flexibility index (Phi) is 7.66. The molecule has 2 amide bonds. The van der Waals surface area contributed by atoms with Crippen LogP contribution in [0.2, 0.25) is 0 Å². The number of rotatable bonds is 8. The largest absolute Gasteiger partial charge is 0.481 e. The Balaban J connectivity index is 4.07. The van der Waals surface area contributed by atoms with E-state index in [0.29, 0.717) is 18.6 Å². The molecule has 6 nitrogen and oxygen atoms in total. The number of carbonyl (C=O) groups excluding carboxylic acids is 1. The summed E-state index contributed by atoms with van der Waals surface area (Å²) in [6.45, 7) is 5.40. The predicted octanol–water partition coefficient (Wildman–Crippen LogP) is 1.09. The van der Waals surface area contributed by atoms with Crippen LogP contribution in [-0.4, -0.2) is 44.9 Å². The molecular weight excluding hydrogens is 268 g/mol. The number of nitrogens with one attached hydrogen (secondary N) is 2. The van der Waals surface area contributed by atoms with Gasteiger partial charge >= 0.3 is 12.0 Å². The second-order valence-corrected chi connectivity index (χ2v) is 6.90. The zero-order valence-corrected chi connectivity index (χ0v) is 12.8. The molecule has 0 aliphatic rings. The van der Waals surface area contributed by atoms with Gasteiger partial charge in [0.15, 0.2) is 0 Å². The fraction of sp³-hybridized carbons (Fsp3) is 0.833. The van der Waals surface area contributed by atoms with Crippen molar-refractivity contribution in [2.45, 2.75) is 51.6 Å². The third kappa shape index (κ3) is 10.5. The lowest BCUT2D eigenvalue weighted by atomic mass is 9.99. The molecule has 0 aliphatic heterocycles. The molecule has 2 atom stereocenters. The lowest BCUT2D eigenvalue weighted by molar-refractivity contribution is -0.137. The summed E-state index contributed by atoms with van der Waals surface area (Å²) >= 11 is 0. The summed E-state index contributed by atoms with van der Waals surface area (Å²) in [7, 11) is -0.865. The molecule has 0 aromatic rings. The van der Waals surface area contributed by atoms with Crippen LogP contribution in [0.1, 0.15) is 40.0 Å². The van der Waals surface area contributed by atoms with E-state index in [-0.39, 0.29) is 18.5 Å².